The normalized spacial score (nSPS) is 12.2. The highest BCUT2D eigenvalue weighted by Gasteiger charge is 2.28. The predicted molar refractivity (Wildman–Crippen MR) is 121 cm³/mol. The van der Waals surface area contributed by atoms with Gasteiger partial charge in [0.15, 0.2) is 0 Å². The van der Waals surface area contributed by atoms with Crippen LogP contribution in [0.25, 0.3) is 21.5 Å². The number of rotatable bonds is 6. The number of ether oxygens (including phenoxy) is 2. The lowest BCUT2D eigenvalue weighted by atomic mass is 10.0. The van der Waals surface area contributed by atoms with Gasteiger partial charge in [-0.15, -0.1) is 3.63 Å². The molecule has 0 saturated heterocycles. The van der Waals surface area contributed by atoms with Gasteiger partial charge in [-0.25, -0.2) is 0 Å². The van der Waals surface area contributed by atoms with Gasteiger partial charge in [0.05, 0.1) is 24.0 Å². The van der Waals surface area contributed by atoms with Crippen molar-refractivity contribution in [2.24, 2.45) is 0 Å². The lowest BCUT2D eigenvalue weighted by Crippen LogP contribution is -2.14. The fourth-order valence-corrected chi connectivity index (χ4v) is 6.11. The van der Waals surface area contributed by atoms with Crippen LogP contribution in [0, 0.1) is 6.92 Å². The number of benzene rings is 4. The smallest absolute Gasteiger partial charge is 0.311 e. The molecular formula is C23H20O7S2. The molecule has 0 atom stereocenters. The number of methoxy groups -OCH3 is 2. The Labute approximate surface area is 186 Å². The van der Waals surface area contributed by atoms with E-state index in [1.165, 1.54) is 44.6 Å². The molecule has 0 aliphatic rings. The number of fused-ring (bicyclic) bond motifs is 2. The molecule has 0 unspecified atom stereocenters. The van der Waals surface area contributed by atoms with Crippen LogP contribution in [-0.2, 0) is 23.9 Å². The highest BCUT2D eigenvalue weighted by Crippen LogP contribution is 2.43. The Bertz CT molecular complexity index is 1540. The van der Waals surface area contributed by atoms with E-state index in [1.807, 2.05) is 24.3 Å². The third kappa shape index (κ3) is 3.79. The molecule has 0 spiro atoms. The largest absolute Gasteiger partial charge is 0.495 e. The fourth-order valence-electron chi connectivity index (χ4n) is 3.58. The third-order valence-electron chi connectivity index (χ3n) is 5.08. The van der Waals surface area contributed by atoms with Crippen molar-refractivity contribution in [3.05, 3.63) is 72.3 Å². The first-order chi connectivity index (χ1) is 15.2. The number of hydrogen-bond donors (Lipinski definition) is 0. The van der Waals surface area contributed by atoms with Crippen molar-refractivity contribution < 1.29 is 29.9 Å². The van der Waals surface area contributed by atoms with E-state index < -0.39 is 20.2 Å². The molecule has 0 bridgehead atoms. The fraction of sp³-hybridized carbons (Fsp3) is 0.130. The van der Waals surface area contributed by atoms with Crippen LogP contribution >= 0.6 is 0 Å². The maximum absolute atomic E-state index is 12.9. The van der Waals surface area contributed by atoms with Crippen molar-refractivity contribution in [2.75, 3.05) is 14.2 Å². The molecule has 166 valence electrons. The van der Waals surface area contributed by atoms with Crippen LogP contribution in [0.2, 0.25) is 0 Å². The van der Waals surface area contributed by atoms with E-state index in [2.05, 4.69) is 3.63 Å². The second-order valence-corrected chi connectivity index (χ2v) is 10.4. The Morgan fingerprint density at radius 3 is 1.62 bits per heavy atom. The molecule has 0 aliphatic carbocycles. The Morgan fingerprint density at radius 1 is 0.594 bits per heavy atom. The second kappa shape index (κ2) is 8.09. The van der Waals surface area contributed by atoms with Gasteiger partial charge in [0.1, 0.15) is 11.5 Å². The number of aryl methyl sites for hydroxylation is 1. The van der Waals surface area contributed by atoms with Crippen molar-refractivity contribution in [2.45, 2.75) is 16.7 Å². The molecule has 0 fully saturated rings. The van der Waals surface area contributed by atoms with Gasteiger partial charge in [0.2, 0.25) is 0 Å². The van der Waals surface area contributed by atoms with Gasteiger partial charge >= 0.3 is 20.2 Å². The van der Waals surface area contributed by atoms with E-state index in [0.717, 1.165) is 16.3 Å². The molecular weight excluding hydrogens is 452 g/mol. The first-order valence-corrected chi connectivity index (χ1v) is 12.3. The Kier molecular flexibility index (Phi) is 5.58. The molecule has 4 aromatic carbocycles. The van der Waals surface area contributed by atoms with Crippen molar-refractivity contribution in [1.29, 1.82) is 0 Å². The third-order valence-corrected chi connectivity index (χ3v) is 8.20. The monoisotopic (exact) mass is 472 g/mol. The van der Waals surface area contributed by atoms with Gasteiger partial charge in [-0.1, -0.05) is 42.0 Å². The summed E-state index contributed by atoms with van der Waals surface area (Å²) in [7, 11) is -6.19. The molecule has 0 aromatic heterocycles. The molecule has 4 aromatic rings. The van der Waals surface area contributed by atoms with Crippen molar-refractivity contribution in [3.8, 4) is 11.5 Å². The summed E-state index contributed by atoms with van der Waals surface area (Å²) in [5, 5.41) is 2.58. The summed E-state index contributed by atoms with van der Waals surface area (Å²) in [4.78, 5) is -0.575. The summed E-state index contributed by atoms with van der Waals surface area (Å²) in [5.41, 5.74) is 0.828. The van der Waals surface area contributed by atoms with Gasteiger partial charge in [-0.2, -0.15) is 16.8 Å². The molecule has 32 heavy (non-hydrogen) atoms. The van der Waals surface area contributed by atoms with E-state index >= 15 is 0 Å². The quantitative estimate of drug-likeness (QED) is 0.384. The molecule has 0 amide bonds. The van der Waals surface area contributed by atoms with E-state index in [0.29, 0.717) is 22.3 Å². The van der Waals surface area contributed by atoms with Crippen LogP contribution in [0.5, 0.6) is 11.5 Å². The van der Waals surface area contributed by atoms with Gasteiger partial charge in [0.25, 0.3) is 0 Å². The second-order valence-electron chi connectivity index (χ2n) is 7.11. The molecule has 0 heterocycles. The van der Waals surface area contributed by atoms with Crippen LogP contribution in [0.15, 0.2) is 76.5 Å². The van der Waals surface area contributed by atoms with Gasteiger partial charge < -0.3 is 9.47 Å². The standard InChI is InChI=1S/C23H20O7S2/c1-15-8-10-16(11-9-15)31(24,25)30-32(26,27)17-12-13-20-21(14-17)23(29-3)19-7-5-4-6-18(19)22(20)28-2/h4-14H,1-3H3. The first kappa shape index (κ1) is 22.1. The molecule has 0 aliphatic heterocycles. The van der Waals surface area contributed by atoms with Crippen LogP contribution < -0.4 is 9.47 Å². The van der Waals surface area contributed by atoms with Crippen LogP contribution in [0.1, 0.15) is 5.56 Å². The number of hydrogen-bond acceptors (Lipinski definition) is 7. The molecule has 4 rings (SSSR count). The minimum Gasteiger partial charge on any atom is -0.495 e. The van der Waals surface area contributed by atoms with Gasteiger partial charge in [-0.05, 0) is 37.3 Å². The molecule has 9 heteroatoms. The predicted octanol–water partition coefficient (Wildman–Crippen LogP) is 4.41. The highest BCUT2D eigenvalue weighted by molar-refractivity contribution is 7.99. The van der Waals surface area contributed by atoms with Crippen LogP contribution in [-0.4, -0.2) is 31.1 Å². The summed E-state index contributed by atoms with van der Waals surface area (Å²) in [6.07, 6.45) is 0. The minimum absolute atomic E-state index is 0.252. The van der Waals surface area contributed by atoms with Crippen molar-refractivity contribution in [3.63, 3.8) is 0 Å². The lowest BCUT2D eigenvalue weighted by Gasteiger charge is -2.15. The van der Waals surface area contributed by atoms with Crippen molar-refractivity contribution in [1.82, 2.24) is 0 Å². The highest BCUT2D eigenvalue weighted by atomic mass is 32.3. The van der Waals surface area contributed by atoms with Crippen LogP contribution in [0.3, 0.4) is 0 Å². The van der Waals surface area contributed by atoms with Crippen LogP contribution in [0.4, 0.5) is 0 Å². The van der Waals surface area contributed by atoms with Gasteiger partial charge in [0, 0.05) is 21.5 Å². The Hall–Kier alpha value is -3.14. The zero-order chi connectivity index (χ0) is 23.1. The summed E-state index contributed by atoms with van der Waals surface area (Å²) in [6, 6.07) is 17.2. The van der Waals surface area contributed by atoms with E-state index in [-0.39, 0.29) is 9.79 Å². The van der Waals surface area contributed by atoms with Crippen molar-refractivity contribution >= 4 is 41.8 Å². The summed E-state index contributed by atoms with van der Waals surface area (Å²) in [6.45, 7) is 1.79. The van der Waals surface area contributed by atoms with E-state index in [9.17, 15) is 16.8 Å². The summed E-state index contributed by atoms with van der Waals surface area (Å²) in [5.74, 6) is 0.989. The Balaban J connectivity index is 1.87. The lowest BCUT2D eigenvalue weighted by molar-refractivity contribution is 0.417. The zero-order valence-electron chi connectivity index (χ0n) is 17.5. The average molecular weight is 473 g/mol. The maximum Gasteiger partial charge on any atom is 0.311 e. The molecule has 0 radical (unpaired) electrons. The molecule has 0 N–H and O–H groups in total. The maximum atomic E-state index is 12.9. The topological polar surface area (TPSA) is 96.0 Å². The molecule has 0 saturated carbocycles. The first-order valence-electron chi connectivity index (χ1n) is 9.52. The van der Waals surface area contributed by atoms with Gasteiger partial charge in [-0.3, -0.25) is 0 Å². The zero-order valence-corrected chi connectivity index (χ0v) is 19.2. The molecule has 7 nitrogen and oxygen atoms in total. The summed E-state index contributed by atoms with van der Waals surface area (Å²) >= 11 is 0. The summed E-state index contributed by atoms with van der Waals surface area (Å²) < 4.78 is 66.7. The van der Waals surface area contributed by atoms with E-state index in [4.69, 9.17) is 9.47 Å². The van der Waals surface area contributed by atoms with E-state index in [1.54, 1.807) is 19.1 Å². The minimum atomic E-state index is -4.65. The SMILES string of the molecule is COc1c2ccccc2c(OC)c2cc(S(=O)(=O)OS(=O)(=O)c3ccc(C)cc3)ccc12. The average Bonchev–Trinajstić information content (AvgIpc) is 2.76. The Morgan fingerprint density at radius 2 is 1.06 bits per heavy atom.